The average Bonchev–Trinajstić information content (AvgIpc) is 2.75. The van der Waals surface area contributed by atoms with Gasteiger partial charge >= 0.3 is 0 Å². The highest BCUT2D eigenvalue weighted by atomic mass is 16.5. The Morgan fingerprint density at radius 2 is 1.70 bits per heavy atom. The normalized spacial score (nSPS) is 10.6. The molecule has 0 saturated carbocycles. The third-order valence-electron chi connectivity index (χ3n) is 4.27. The number of carbonyl (C=O) groups is 2. The molecule has 0 atom stereocenters. The van der Waals surface area contributed by atoms with Gasteiger partial charge in [0.1, 0.15) is 5.75 Å². The average molecular weight is 401 g/mol. The van der Waals surface area contributed by atoms with Crippen LogP contribution in [-0.4, -0.2) is 24.6 Å². The molecule has 152 valence electrons. The molecule has 3 rings (SSSR count). The van der Waals surface area contributed by atoms with Crippen LogP contribution in [0.3, 0.4) is 0 Å². The summed E-state index contributed by atoms with van der Waals surface area (Å²) in [6.07, 6.45) is 1.54. The van der Waals surface area contributed by atoms with Gasteiger partial charge in [-0.05, 0) is 62.4 Å². The molecule has 0 radical (unpaired) electrons. The van der Waals surface area contributed by atoms with Gasteiger partial charge in [-0.15, -0.1) is 0 Å². The first-order valence-corrected chi connectivity index (χ1v) is 9.60. The SMILES string of the molecule is CCOc1ccccc1/C=N/NC(=O)c1ccc(NC(=O)c2cccc(C)c2)cc1. The molecule has 0 aliphatic carbocycles. The standard InChI is InChI=1S/C24H23N3O3/c1-3-30-22-10-5-4-8-20(22)16-25-27-24(29)18-11-13-21(14-12-18)26-23(28)19-9-6-7-17(2)15-19/h4-16H,3H2,1-2H3,(H,26,28)(H,27,29)/b25-16+. The molecular formula is C24H23N3O3. The smallest absolute Gasteiger partial charge is 0.271 e. The number of anilines is 1. The van der Waals surface area contributed by atoms with Crippen molar-refractivity contribution in [1.29, 1.82) is 0 Å². The topological polar surface area (TPSA) is 79.8 Å². The van der Waals surface area contributed by atoms with Gasteiger partial charge in [-0.3, -0.25) is 9.59 Å². The van der Waals surface area contributed by atoms with Crippen LogP contribution in [-0.2, 0) is 0 Å². The van der Waals surface area contributed by atoms with Crippen molar-refractivity contribution in [2.45, 2.75) is 13.8 Å². The number of hydrogen-bond donors (Lipinski definition) is 2. The van der Waals surface area contributed by atoms with E-state index in [-0.39, 0.29) is 11.8 Å². The van der Waals surface area contributed by atoms with Crippen LogP contribution in [0.15, 0.2) is 77.9 Å². The molecule has 0 saturated heterocycles. The molecule has 0 fully saturated rings. The second-order valence-electron chi connectivity index (χ2n) is 6.57. The number of benzene rings is 3. The lowest BCUT2D eigenvalue weighted by Gasteiger charge is -2.07. The van der Waals surface area contributed by atoms with E-state index in [1.54, 1.807) is 36.5 Å². The lowest BCUT2D eigenvalue weighted by atomic mass is 10.1. The number of aryl methyl sites for hydroxylation is 1. The molecule has 0 aliphatic heterocycles. The van der Waals surface area contributed by atoms with Crippen LogP contribution in [0, 0.1) is 6.92 Å². The molecule has 0 aromatic heterocycles. The number of rotatable bonds is 7. The molecule has 0 spiro atoms. The molecule has 0 aliphatic rings. The van der Waals surface area contributed by atoms with Crippen molar-refractivity contribution in [2.75, 3.05) is 11.9 Å². The van der Waals surface area contributed by atoms with Gasteiger partial charge < -0.3 is 10.1 Å². The molecular weight excluding hydrogens is 378 g/mol. The van der Waals surface area contributed by atoms with Crippen LogP contribution in [0.5, 0.6) is 5.75 Å². The maximum atomic E-state index is 12.3. The van der Waals surface area contributed by atoms with E-state index in [1.165, 1.54) is 0 Å². The summed E-state index contributed by atoms with van der Waals surface area (Å²) in [5.41, 5.74) is 5.90. The fourth-order valence-electron chi connectivity index (χ4n) is 2.79. The highest BCUT2D eigenvalue weighted by molar-refractivity contribution is 6.04. The maximum absolute atomic E-state index is 12.3. The van der Waals surface area contributed by atoms with Gasteiger partial charge in [-0.2, -0.15) is 5.10 Å². The Labute approximate surface area is 175 Å². The third kappa shape index (κ3) is 5.54. The lowest BCUT2D eigenvalue weighted by molar-refractivity contribution is 0.0954. The van der Waals surface area contributed by atoms with Crippen molar-refractivity contribution in [3.05, 3.63) is 95.1 Å². The van der Waals surface area contributed by atoms with Crippen molar-refractivity contribution in [3.63, 3.8) is 0 Å². The number of para-hydroxylation sites is 1. The Balaban J connectivity index is 1.59. The van der Waals surface area contributed by atoms with Crippen molar-refractivity contribution in [1.82, 2.24) is 5.43 Å². The Hall–Kier alpha value is -3.93. The number of nitrogens with one attached hydrogen (secondary N) is 2. The van der Waals surface area contributed by atoms with Crippen LogP contribution >= 0.6 is 0 Å². The third-order valence-corrected chi connectivity index (χ3v) is 4.27. The summed E-state index contributed by atoms with van der Waals surface area (Å²) in [5.74, 6) is 0.150. The second-order valence-corrected chi connectivity index (χ2v) is 6.57. The number of hydrazone groups is 1. The van der Waals surface area contributed by atoms with Crippen LogP contribution in [0.1, 0.15) is 38.8 Å². The number of amides is 2. The summed E-state index contributed by atoms with van der Waals surface area (Å²) < 4.78 is 5.52. The predicted octanol–water partition coefficient (Wildman–Crippen LogP) is 4.41. The predicted molar refractivity (Wildman–Crippen MR) is 118 cm³/mol. The molecule has 3 aromatic rings. The van der Waals surface area contributed by atoms with Gasteiger partial charge in [0, 0.05) is 22.4 Å². The molecule has 0 bridgehead atoms. The molecule has 2 N–H and O–H groups in total. The largest absolute Gasteiger partial charge is 0.493 e. The Morgan fingerprint density at radius 1 is 0.933 bits per heavy atom. The van der Waals surface area contributed by atoms with Gasteiger partial charge in [-0.1, -0.05) is 29.8 Å². The van der Waals surface area contributed by atoms with E-state index >= 15 is 0 Å². The fourth-order valence-corrected chi connectivity index (χ4v) is 2.79. The zero-order valence-corrected chi connectivity index (χ0v) is 16.9. The van der Waals surface area contributed by atoms with E-state index < -0.39 is 0 Å². The monoisotopic (exact) mass is 401 g/mol. The Morgan fingerprint density at radius 3 is 2.43 bits per heavy atom. The quantitative estimate of drug-likeness (QED) is 0.455. The summed E-state index contributed by atoms with van der Waals surface area (Å²) >= 11 is 0. The number of nitrogens with zero attached hydrogens (tertiary/aromatic N) is 1. The van der Waals surface area contributed by atoms with Gasteiger partial charge in [0.25, 0.3) is 11.8 Å². The lowest BCUT2D eigenvalue weighted by Crippen LogP contribution is -2.18. The minimum atomic E-state index is -0.350. The molecule has 0 heterocycles. The van der Waals surface area contributed by atoms with Gasteiger partial charge in [0.05, 0.1) is 12.8 Å². The second kappa shape index (κ2) is 10.0. The molecule has 6 heteroatoms. The van der Waals surface area contributed by atoms with Crippen molar-refractivity contribution in [2.24, 2.45) is 5.10 Å². The first-order chi connectivity index (χ1) is 14.6. The summed E-state index contributed by atoms with van der Waals surface area (Å²) in [5, 5.41) is 6.83. The van der Waals surface area contributed by atoms with E-state index in [2.05, 4.69) is 15.8 Å². The van der Waals surface area contributed by atoms with E-state index in [0.717, 1.165) is 11.1 Å². The zero-order valence-electron chi connectivity index (χ0n) is 16.9. The Bertz CT molecular complexity index is 1060. The molecule has 2 amide bonds. The van der Waals surface area contributed by atoms with E-state index in [1.807, 2.05) is 56.3 Å². The highest BCUT2D eigenvalue weighted by Crippen LogP contribution is 2.16. The number of hydrogen-bond acceptors (Lipinski definition) is 4. The highest BCUT2D eigenvalue weighted by Gasteiger charge is 2.08. The molecule has 0 unspecified atom stereocenters. The van der Waals surface area contributed by atoms with Gasteiger partial charge in [0.2, 0.25) is 0 Å². The summed E-state index contributed by atoms with van der Waals surface area (Å²) in [6, 6.07) is 21.4. The van der Waals surface area contributed by atoms with Crippen molar-refractivity contribution < 1.29 is 14.3 Å². The first-order valence-electron chi connectivity index (χ1n) is 9.60. The van der Waals surface area contributed by atoms with E-state index in [9.17, 15) is 9.59 Å². The number of carbonyl (C=O) groups excluding carboxylic acids is 2. The summed E-state index contributed by atoms with van der Waals surface area (Å²) in [7, 11) is 0. The van der Waals surface area contributed by atoms with Gasteiger partial charge in [-0.25, -0.2) is 5.43 Å². The van der Waals surface area contributed by atoms with Crippen LogP contribution in [0.4, 0.5) is 5.69 Å². The molecule has 6 nitrogen and oxygen atoms in total. The van der Waals surface area contributed by atoms with Crippen LogP contribution in [0.2, 0.25) is 0 Å². The van der Waals surface area contributed by atoms with Crippen LogP contribution < -0.4 is 15.5 Å². The summed E-state index contributed by atoms with van der Waals surface area (Å²) in [6.45, 7) is 4.38. The van der Waals surface area contributed by atoms with Crippen LogP contribution in [0.25, 0.3) is 0 Å². The van der Waals surface area contributed by atoms with Crippen molar-refractivity contribution in [3.8, 4) is 5.75 Å². The minimum absolute atomic E-state index is 0.200. The summed E-state index contributed by atoms with van der Waals surface area (Å²) in [4.78, 5) is 24.6. The maximum Gasteiger partial charge on any atom is 0.271 e. The Kier molecular flexibility index (Phi) is 6.95. The molecule has 3 aromatic carbocycles. The van der Waals surface area contributed by atoms with Crippen molar-refractivity contribution >= 4 is 23.7 Å². The molecule has 30 heavy (non-hydrogen) atoms. The zero-order chi connectivity index (χ0) is 21.3. The minimum Gasteiger partial charge on any atom is -0.493 e. The number of ether oxygens (including phenoxy) is 1. The fraction of sp³-hybridized carbons (Fsp3) is 0.125. The van der Waals surface area contributed by atoms with E-state index in [0.29, 0.717) is 29.2 Å². The van der Waals surface area contributed by atoms with E-state index in [4.69, 9.17) is 4.74 Å². The van der Waals surface area contributed by atoms with Gasteiger partial charge in [0.15, 0.2) is 0 Å². The first kappa shape index (κ1) is 20.8.